The molecule has 0 radical (unpaired) electrons. The summed E-state index contributed by atoms with van der Waals surface area (Å²) < 4.78 is 5.43. The lowest BCUT2D eigenvalue weighted by Gasteiger charge is -2.38. The van der Waals surface area contributed by atoms with E-state index in [0.717, 1.165) is 24.1 Å². The molecule has 2 aliphatic rings. The van der Waals surface area contributed by atoms with E-state index in [0.29, 0.717) is 0 Å². The summed E-state index contributed by atoms with van der Waals surface area (Å²) in [7, 11) is 1.75. The SMILES string of the molecule is COc1cccc2c1NCC1CCCCC21. The molecule has 1 heterocycles. The highest BCUT2D eigenvalue weighted by Gasteiger charge is 2.32. The van der Waals surface area contributed by atoms with E-state index >= 15 is 0 Å². The fourth-order valence-corrected chi connectivity index (χ4v) is 3.31. The summed E-state index contributed by atoms with van der Waals surface area (Å²) in [5, 5.41) is 3.56. The Hall–Kier alpha value is -1.18. The molecule has 2 nitrogen and oxygen atoms in total. The number of para-hydroxylation sites is 1. The zero-order valence-electron chi connectivity index (χ0n) is 9.83. The van der Waals surface area contributed by atoms with Gasteiger partial charge in [0.05, 0.1) is 12.8 Å². The molecule has 0 amide bonds. The van der Waals surface area contributed by atoms with Crippen LogP contribution in [0.1, 0.15) is 37.2 Å². The van der Waals surface area contributed by atoms with Crippen molar-refractivity contribution < 1.29 is 4.74 Å². The Bertz CT molecular complexity index is 388. The van der Waals surface area contributed by atoms with Crippen LogP contribution < -0.4 is 10.1 Å². The van der Waals surface area contributed by atoms with Crippen LogP contribution in [0.15, 0.2) is 18.2 Å². The standard InChI is InChI=1S/C14H19NO/c1-16-13-8-4-7-12-11-6-3-2-5-10(11)9-15-14(12)13/h4,7-8,10-11,15H,2-3,5-6,9H2,1H3. The van der Waals surface area contributed by atoms with Crippen molar-refractivity contribution in [3.8, 4) is 5.75 Å². The number of nitrogens with one attached hydrogen (secondary N) is 1. The molecule has 1 aliphatic carbocycles. The second-order valence-electron chi connectivity index (χ2n) is 4.96. The Morgan fingerprint density at radius 1 is 1.25 bits per heavy atom. The number of anilines is 1. The Morgan fingerprint density at radius 2 is 2.12 bits per heavy atom. The molecule has 0 aromatic heterocycles. The largest absolute Gasteiger partial charge is 0.495 e. The van der Waals surface area contributed by atoms with E-state index < -0.39 is 0 Å². The molecule has 0 saturated heterocycles. The number of hydrogen-bond acceptors (Lipinski definition) is 2. The first kappa shape index (κ1) is 10.0. The van der Waals surface area contributed by atoms with E-state index in [1.165, 1.54) is 36.9 Å². The van der Waals surface area contributed by atoms with Gasteiger partial charge in [0.25, 0.3) is 0 Å². The molecule has 2 heteroatoms. The van der Waals surface area contributed by atoms with Crippen LogP contribution in [0.5, 0.6) is 5.75 Å². The van der Waals surface area contributed by atoms with Crippen molar-refractivity contribution in [3.63, 3.8) is 0 Å². The van der Waals surface area contributed by atoms with E-state index in [2.05, 4.69) is 23.5 Å². The molecular weight excluding hydrogens is 198 g/mol. The lowest BCUT2D eigenvalue weighted by Crippen LogP contribution is -2.30. The Balaban J connectivity index is 2.01. The van der Waals surface area contributed by atoms with Crippen LogP contribution in [0.3, 0.4) is 0 Å². The summed E-state index contributed by atoms with van der Waals surface area (Å²) >= 11 is 0. The van der Waals surface area contributed by atoms with Crippen molar-refractivity contribution in [1.82, 2.24) is 0 Å². The Labute approximate surface area is 97.0 Å². The van der Waals surface area contributed by atoms with Gasteiger partial charge in [-0.3, -0.25) is 0 Å². The molecule has 1 aromatic carbocycles. The third-order valence-corrected chi connectivity index (χ3v) is 4.13. The minimum absolute atomic E-state index is 0.764. The maximum absolute atomic E-state index is 5.43. The second-order valence-corrected chi connectivity index (χ2v) is 4.96. The van der Waals surface area contributed by atoms with Crippen LogP contribution >= 0.6 is 0 Å². The maximum Gasteiger partial charge on any atom is 0.142 e. The highest BCUT2D eigenvalue weighted by Crippen LogP contribution is 2.46. The van der Waals surface area contributed by atoms with Gasteiger partial charge in [0.1, 0.15) is 5.75 Å². The van der Waals surface area contributed by atoms with Gasteiger partial charge in [0.15, 0.2) is 0 Å². The molecule has 1 saturated carbocycles. The topological polar surface area (TPSA) is 21.3 Å². The van der Waals surface area contributed by atoms with Crippen LogP contribution in [-0.2, 0) is 0 Å². The van der Waals surface area contributed by atoms with E-state index in [4.69, 9.17) is 4.74 Å². The summed E-state index contributed by atoms with van der Waals surface area (Å²) in [5.74, 6) is 2.61. The van der Waals surface area contributed by atoms with Gasteiger partial charge in [-0.05, 0) is 36.3 Å². The van der Waals surface area contributed by atoms with Crippen molar-refractivity contribution in [2.45, 2.75) is 31.6 Å². The maximum atomic E-state index is 5.43. The number of ether oxygens (including phenoxy) is 1. The molecule has 1 aliphatic heterocycles. The average Bonchev–Trinajstić information content (AvgIpc) is 2.37. The Kier molecular flexibility index (Phi) is 2.50. The van der Waals surface area contributed by atoms with Gasteiger partial charge in [-0.1, -0.05) is 25.0 Å². The van der Waals surface area contributed by atoms with E-state index in [9.17, 15) is 0 Å². The van der Waals surface area contributed by atoms with Crippen molar-refractivity contribution in [3.05, 3.63) is 23.8 Å². The van der Waals surface area contributed by atoms with E-state index in [1.807, 2.05) is 0 Å². The van der Waals surface area contributed by atoms with Gasteiger partial charge in [-0.25, -0.2) is 0 Å². The van der Waals surface area contributed by atoms with Gasteiger partial charge >= 0.3 is 0 Å². The first-order valence-electron chi connectivity index (χ1n) is 6.31. The van der Waals surface area contributed by atoms with Crippen LogP contribution in [0.25, 0.3) is 0 Å². The predicted molar refractivity (Wildman–Crippen MR) is 66.2 cm³/mol. The molecule has 86 valence electrons. The lowest BCUT2D eigenvalue weighted by atomic mass is 9.73. The normalized spacial score (nSPS) is 27.6. The number of hydrogen-bond donors (Lipinski definition) is 1. The molecule has 2 atom stereocenters. The van der Waals surface area contributed by atoms with Gasteiger partial charge in [-0.15, -0.1) is 0 Å². The molecule has 1 N–H and O–H groups in total. The Morgan fingerprint density at radius 3 is 3.00 bits per heavy atom. The van der Waals surface area contributed by atoms with Crippen LogP contribution in [0, 0.1) is 5.92 Å². The second kappa shape index (κ2) is 4.00. The fraction of sp³-hybridized carbons (Fsp3) is 0.571. The minimum atomic E-state index is 0.764. The van der Waals surface area contributed by atoms with Crippen LogP contribution in [0.4, 0.5) is 5.69 Å². The quantitative estimate of drug-likeness (QED) is 0.778. The molecular formula is C14H19NO. The van der Waals surface area contributed by atoms with Crippen molar-refractivity contribution >= 4 is 5.69 Å². The summed E-state index contributed by atoms with van der Waals surface area (Å²) in [6.45, 7) is 1.12. The summed E-state index contributed by atoms with van der Waals surface area (Å²) in [4.78, 5) is 0. The first-order chi connectivity index (χ1) is 7.90. The number of fused-ring (bicyclic) bond motifs is 3. The molecule has 0 bridgehead atoms. The first-order valence-corrected chi connectivity index (χ1v) is 6.31. The van der Waals surface area contributed by atoms with Gasteiger partial charge in [0, 0.05) is 6.54 Å². The average molecular weight is 217 g/mol. The van der Waals surface area contributed by atoms with Crippen LogP contribution in [-0.4, -0.2) is 13.7 Å². The summed E-state index contributed by atoms with van der Waals surface area (Å²) in [5.41, 5.74) is 2.73. The monoisotopic (exact) mass is 217 g/mol. The van der Waals surface area contributed by atoms with Gasteiger partial charge in [-0.2, -0.15) is 0 Å². The third-order valence-electron chi connectivity index (χ3n) is 4.13. The van der Waals surface area contributed by atoms with Gasteiger partial charge in [0.2, 0.25) is 0 Å². The number of methoxy groups -OCH3 is 1. The minimum Gasteiger partial charge on any atom is -0.495 e. The fourth-order valence-electron chi connectivity index (χ4n) is 3.31. The zero-order valence-corrected chi connectivity index (χ0v) is 9.83. The van der Waals surface area contributed by atoms with Crippen molar-refractivity contribution in [2.75, 3.05) is 19.0 Å². The number of benzene rings is 1. The summed E-state index contributed by atoms with van der Waals surface area (Å²) in [6.07, 6.45) is 5.53. The lowest BCUT2D eigenvalue weighted by molar-refractivity contribution is 0.311. The highest BCUT2D eigenvalue weighted by molar-refractivity contribution is 5.65. The molecule has 2 unspecified atom stereocenters. The van der Waals surface area contributed by atoms with Crippen molar-refractivity contribution in [1.29, 1.82) is 0 Å². The molecule has 1 fully saturated rings. The highest BCUT2D eigenvalue weighted by atomic mass is 16.5. The van der Waals surface area contributed by atoms with E-state index in [1.54, 1.807) is 7.11 Å². The number of rotatable bonds is 1. The summed E-state index contributed by atoms with van der Waals surface area (Å²) in [6, 6.07) is 6.44. The van der Waals surface area contributed by atoms with Crippen molar-refractivity contribution in [2.24, 2.45) is 5.92 Å². The molecule has 16 heavy (non-hydrogen) atoms. The van der Waals surface area contributed by atoms with E-state index in [-0.39, 0.29) is 0 Å². The van der Waals surface area contributed by atoms with Gasteiger partial charge < -0.3 is 10.1 Å². The smallest absolute Gasteiger partial charge is 0.142 e. The predicted octanol–water partition coefficient (Wildman–Crippen LogP) is 3.39. The molecule has 3 rings (SSSR count). The third kappa shape index (κ3) is 1.48. The molecule has 0 spiro atoms. The molecule has 1 aromatic rings. The zero-order chi connectivity index (χ0) is 11.0. The van der Waals surface area contributed by atoms with Crippen LogP contribution in [0.2, 0.25) is 0 Å².